The van der Waals surface area contributed by atoms with Gasteiger partial charge in [-0.2, -0.15) is 5.10 Å². The van der Waals surface area contributed by atoms with Gasteiger partial charge in [0.15, 0.2) is 5.13 Å². The van der Waals surface area contributed by atoms with Crippen molar-refractivity contribution >= 4 is 52.6 Å². The third-order valence-electron chi connectivity index (χ3n) is 3.28. The third kappa shape index (κ3) is 2.64. The maximum Gasteiger partial charge on any atom is 0.267 e. The zero-order valence-electron chi connectivity index (χ0n) is 12.1. The summed E-state index contributed by atoms with van der Waals surface area (Å²) in [5.41, 5.74) is 1.82. The Balaban J connectivity index is 2.02. The molecule has 0 aliphatic carbocycles. The molecule has 6 nitrogen and oxygen atoms in total. The van der Waals surface area contributed by atoms with E-state index in [1.807, 2.05) is 18.2 Å². The lowest BCUT2D eigenvalue weighted by Crippen LogP contribution is -2.14. The van der Waals surface area contributed by atoms with Crippen LogP contribution in [0.2, 0.25) is 0 Å². The van der Waals surface area contributed by atoms with Crippen LogP contribution in [0.5, 0.6) is 0 Å². The second-order valence-electron chi connectivity index (χ2n) is 4.86. The van der Waals surface area contributed by atoms with E-state index in [9.17, 15) is 8.42 Å². The van der Waals surface area contributed by atoms with Crippen molar-refractivity contribution in [1.29, 1.82) is 0 Å². The van der Waals surface area contributed by atoms with E-state index in [1.54, 1.807) is 25.6 Å². The molecule has 0 atom stereocenters. The molecule has 0 unspecified atom stereocenters. The summed E-state index contributed by atoms with van der Waals surface area (Å²) in [5, 5.41) is 4.49. The van der Waals surface area contributed by atoms with Crippen molar-refractivity contribution < 1.29 is 8.42 Å². The second-order valence-corrected chi connectivity index (χ2v) is 8.43. The molecule has 2 heterocycles. The molecule has 1 N–H and O–H groups in total. The average Bonchev–Trinajstić information content (AvgIpc) is 2.89. The first-order chi connectivity index (χ1) is 10.3. The molecule has 0 aliphatic heterocycles. The summed E-state index contributed by atoms with van der Waals surface area (Å²) in [4.78, 5) is 4.51. The highest BCUT2D eigenvalue weighted by molar-refractivity contribution is 9.10. The molecule has 0 spiro atoms. The van der Waals surface area contributed by atoms with E-state index in [2.05, 4.69) is 30.7 Å². The number of halogens is 1. The number of nitrogens with one attached hydrogen (secondary N) is 1. The highest BCUT2D eigenvalue weighted by Crippen LogP contribution is 2.30. The number of fused-ring (bicyclic) bond motifs is 1. The molecular formula is C13H13BrN4O2S2. The Kier molecular flexibility index (Phi) is 3.74. The molecule has 2 aromatic heterocycles. The van der Waals surface area contributed by atoms with Gasteiger partial charge in [-0.3, -0.25) is 9.40 Å². The first-order valence-electron chi connectivity index (χ1n) is 6.37. The monoisotopic (exact) mass is 400 g/mol. The Morgan fingerprint density at radius 1 is 1.32 bits per heavy atom. The van der Waals surface area contributed by atoms with Crippen LogP contribution in [0, 0.1) is 13.8 Å². The van der Waals surface area contributed by atoms with Crippen LogP contribution in [0.25, 0.3) is 10.2 Å². The van der Waals surface area contributed by atoms with E-state index in [4.69, 9.17) is 0 Å². The molecule has 0 bridgehead atoms. The number of nitrogens with zero attached hydrogens (tertiary/aromatic N) is 3. The topological polar surface area (TPSA) is 76.9 Å². The van der Waals surface area contributed by atoms with Gasteiger partial charge in [-0.05, 0) is 32.0 Å². The van der Waals surface area contributed by atoms with E-state index in [1.165, 1.54) is 11.3 Å². The van der Waals surface area contributed by atoms with Gasteiger partial charge in [0.05, 0.1) is 21.6 Å². The smallest absolute Gasteiger partial charge is 0.267 e. The van der Waals surface area contributed by atoms with Gasteiger partial charge in [-0.25, -0.2) is 13.4 Å². The van der Waals surface area contributed by atoms with Crippen molar-refractivity contribution in [2.75, 3.05) is 4.72 Å². The van der Waals surface area contributed by atoms with Gasteiger partial charge in [0.2, 0.25) is 0 Å². The van der Waals surface area contributed by atoms with Gasteiger partial charge in [-0.1, -0.05) is 27.3 Å². The molecule has 22 heavy (non-hydrogen) atoms. The lowest BCUT2D eigenvalue weighted by Gasteiger charge is -2.05. The fraction of sp³-hybridized carbons (Fsp3) is 0.231. The molecule has 0 fully saturated rings. The first kappa shape index (κ1) is 15.4. The number of aromatic nitrogens is 3. The Bertz CT molecular complexity index is 976. The Hall–Kier alpha value is -1.45. The van der Waals surface area contributed by atoms with Gasteiger partial charge in [0.25, 0.3) is 10.0 Å². The number of benzene rings is 1. The van der Waals surface area contributed by atoms with Gasteiger partial charge in [0.1, 0.15) is 4.90 Å². The number of hydrogen-bond donors (Lipinski definition) is 1. The number of hydrogen-bond acceptors (Lipinski definition) is 5. The maximum atomic E-state index is 12.6. The molecule has 3 rings (SSSR count). The number of sulfonamides is 1. The average molecular weight is 401 g/mol. The van der Waals surface area contributed by atoms with Crippen molar-refractivity contribution in [2.45, 2.75) is 18.7 Å². The van der Waals surface area contributed by atoms with Crippen molar-refractivity contribution in [3.63, 3.8) is 0 Å². The number of thiazole rings is 1. The van der Waals surface area contributed by atoms with Crippen LogP contribution < -0.4 is 4.72 Å². The lowest BCUT2D eigenvalue weighted by atomic mass is 10.3. The standard InChI is InChI=1S/C13H13BrN4O2S2/c1-7-12(8(2)18(3)16-7)22(19,20)17-13-15-10-5-4-9(14)6-11(10)21-13/h4-6H,1-3H3,(H,15,17). The summed E-state index contributed by atoms with van der Waals surface area (Å²) in [7, 11) is -1.99. The molecule has 0 saturated carbocycles. The summed E-state index contributed by atoms with van der Waals surface area (Å²) in [5.74, 6) is 0. The third-order valence-corrected chi connectivity index (χ3v) is 6.43. The highest BCUT2D eigenvalue weighted by atomic mass is 79.9. The zero-order chi connectivity index (χ0) is 16.1. The number of aryl methyl sites for hydroxylation is 2. The van der Waals surface area contributed by atoms with Crippen LogP contribution in [-0.4, -0.2) is 23.2 Å². The molecule has 0 saturated heterocycles. The summed E-state index contributed by atoms with van der Waals surface area (Å²) < 4.78 is 31.1. The van der Waals surface area contributed by atoms with Crippen molar-refractivity contribution in [1.82, 2.24) is 14.8 Å². The van der Waals surface area contributed by atoms with E-state index < -0.39 is 10.0 Å². The van der Waals surface area contributed by atoms with E-state index >= 15 is 0 Å². The lowest BCUT2D eigenvalue weighted by molar-refractivity contribution is 0.599. The molecule has 0 radical (unpaired) electrons. The fourth-order valence-corrected chi connectivity index (χ4v) is 5.34. The molecule has 3 aromatic rings. The predicted molar refractivity (Wildman–Crippen MR) is 90.8 cm³/mol. The van der Waals surface area contributed by atoms with Crippen LogP contribution in [0.1, 0.15) is 11.4 Å². The van der Waals surface area contributed by atoms with Gasteiger partial charge in [-0.15, -0.1) is 0 Å². The minimum Gasteiger partial charge on any atom is -0.271 e. The summed E-state index contributed by atoms with van der Waals surface area (Å²) in [6.45, 7) is 3.40. The van der Waals surface area contributed by atoms with Crippen LogP contribution in [0.3, 0.4) is 0 Å². The van der Waals surface area contributed by atoms with Crippen molar-refractivity contribution in [2.24, 2.45) is 7.05 Å². The molecule has 0 aliphatic rings. The van der Waals surface area contributed by atoms with Crippen molar-refractivity contribution in [3.05, 3.63) is 34.1 Å². The number of rotatable bonds is 3. The largest absolute Gasteiger partial charge is 0.271 e. The molecule has 0 amide bonds. The Labute approximate surface area is 140 Å². The number of anilines is 1. The summed E-state index contributed by atoms with van der Waals surface area (Å²) in [6, 6.07) is 5.62. The maximum absolute atomic E-state index is 12.6. The van der Waals surface area contributed by atoms with E-state index in [-0.39, 0.29) is 4.90 Å². The quantitative estimate of drug-likeness (QED) is 0.731. The minimum absolute atomic E-state index is 0.204. The zero-order valence-corrected chi connectivity index (χ0v) is 15.3. The van der Waals surface area contributed by atoms with Crippen molar-refractivity contribution in [3.8, 4) is 0 Å². The van der Waals surface area contributed by atoms with Crippen LogP contribution in [0.4, 0.5) is 5.13 Å². The Morgan fingerprint density at radius 2 is 2.05 bits per heavy atom. The summed E-state index contributed by atoms with van der Waals surface area (Å²) in [6.07, 6.45) is 0. The fourth-order valence-electron chi connectivity index (χ4n) is 2.25. The highest BCUT2D eigenvalue weighted by Gasteiger charge is 2.25. The van der Waals surface area contributed by atoms with Gasteiger partial charge in [0, 0.05) is 11.5 Å². The molecule has 9 heteroatoms. The van der Waals surface area contributed by atoms with Gasteiger partial charge < -0.3 is 0 Å². The van der Waals surface area contributed by atoms with Crippen LogP contribution >= 0.6 is 27.3 Å². The van der Waals surface area contributed by atoms with E-state index in [0.29, 0.717) is 16.5 Å². The first-order valence-corrected chi connectivity index (χ1v) is 9.46. The predicted octanol–water partition coefficient (Wildman–Crippen LogP) is 3.21. The molecule has 1 aromatic carbocycles. The van der Waals surface area contributed by atoms with E-state index in [0.717, 1.165) is 14.7 Å². The molecule has 116 valence electrons. The second kappa shape index (κ2) is 5.32. The molecular weight excluding hydrogens is 388 g/mol. The van der Waals surface area contributed by atoms with Crippen LogP contribution in [-0.2, 0) is 17.1 Å². The van der Waals surface area contributed by atoms with Crippen LogP contribution in [0.15, 0.2) is 27.6 Å². The normalized spacial score (nSPS) is 12.0. The van der Waals surface area contributed by atoms with Gasteiger partial charge >= 0.3 is 0 Å². The summed E-state index contributed by atoms with van der Waals surface area (Å²) >= 11 is 4.68. The SMILES string of the molecule is Cc1nn(C)c(C)c1S(=O)(=O)Nc1nc2ccc(Br)cc2s1. The Morgan fingerprint density at radius 3 is 2.68 bits per heavy atom. The minimum atomic E-state index is -3.71.